The van der Waals surface area contributed by atoms with Crippen molar-refractivity contribution >= 4 is 5.91 Å². The molecule has 2 aliphatic heterocycles. The summed E-state index contributed by atoms with van der Waals surface area (Å²) < 4.78 is 10.9. The summed E-state index contributed by atoms with van der Waals surface area (Å²) in [6.07, 6.45) is 13.3. The van der Waals surface area contributed by atoms with E-state index < -0.39 is 0 Å². The maximum Gasteiger partial charge on any atom is 0.231 e. The first-order valence-electron chi connectivity index (χ1n) is 12.5. The van der Waals surface area contributed by atoms with Crippen LogP contribution in [0.15, 0.2) is 42.7 Å². The van der Waals surface area contributed by atoms with Crippen LogP contribution in [0.4, 0.5) is 0 Å². The van der Waals surface area contributed by atoms with Gasteiger partial charge in [0.1, 0.15) is 0 Å². The highest BCUT2D eigenvalue weighted by molar-refractivity contribution is 5.79. The lowest BCUT2D eigenvalue weighted by atomic mass is 9.90. The molecule has 1 aromatic carbocycles. The number of benzene rings is 1. The molecule has 0 spiro atoms. The van der Waals surface area contributed by atoms with Gasteiger partial charge in [-0.25, -0.2) is 0 Å². The van der Waals surface area contributed by atoms with Crippen LogP contribution in [0.25, 0.3) is 0 Å². The van der Waals surface area contributed by atoms with Gasteiger partial charge >= 0.3 is 0 Å². The van der Waals surface area contributed by atoms with E-state index in [1.807, 2.05) is 30.5 Å². The Bertz CT molecular complexity index is 929. The molecule has 0 bridgehead atoms. The molecule has 33 heavy (non-hydrogen) atoms. The van der Waals surface area contributed by atoms with E-state index in [9.17, 15) is 4.79 Å². The monoisotopic (exact) mass is 449 g/mol. The van der Waals surface area contributed by atoms with Crippen molar-refractivity contribution in [3.05, 3.63) is 53.9 Å². The van der Waals surface area contributed by atoms with Gasteiger partial charge < -0.3 is 19.3 Å². The second kappa shape index (κ2) is 10.6. The van der Waals surface area contributed by atoms with Crippen LogP contribution in [0.5, 0.6) is 11.5 Å². The molecule has 1 aliphatic carbocycles. The molecule has 1 amide bonds. The summed E-state index contributed by atoms with van der Waals surface area (Å²) in [7, 11) is 0. The van der Waals surface area contributed by atoms with Gasteiger partial charge in [-0.15, -0.1) is 0 Å². The molecule has 2 fully saturated rings. The number of likely N-dealkylation sites (tertiary alicyclic amines) is 1. The predicted octanol–water partition coefficient (Wildman–Crippen LogP) is 4.43. The SMILES string of the molecule is O=C(Cc1ccc2c(c1)OCO2)N(Cc1cccnc1)C[C@H]1CCCN(C2CCCCC2)C1. The number of carbonyl (C=O) groups is 1. The topological polar surface area (TPSA) is 54.9 Å². The second-order valence-electron chi connectivity index (χ2n) is 9.79. The molecule has 1 atom stereocenters. The average molecular weight is 450 g/mol. The van der Waals surface area contributed by atoms with Gasteiger partial charge in [-0.1, -0.05) is 31.4 Å². The molecule has 2 aromatic rings. The predicted molar refractivity (Wildman–Crippen MR) is 127 cm³/mol. The number of rotatable bonds is 7. The number of carbonyl (C=O) groups excluding carboxylic acids is 1. The van der Waals surface area contributed by atoms with Gasteiger partial charge in [-0.3, -0.25) is 9.78 Å². The van der Waals surface area contributed by atoms with Crippen LogP contribution >= 0.6 is 0 Å². The fourth-order valence-electron chi connectivity index (χ4n) is 5.64. The van der Waals surface area contributed by atoms with Crippen molar-refractivity contribution in [2.24, 2.45) is 5.92 Å². The zero-order valence-corrected chi connectivity index (χ0v) is 19.5. The highest BCUT2D eigenvalue weighted by Gasteiger charge is 2.29. The van der Waals surface area contributed by atoms with Gasteiger partial charge in [0.25, 0.3) is 0 Å². The van der Waals surface area contributed by atoms with Crippen molar-refractivity contribution in [3.63, 3.8) is 0 Å². The number of hydrogen-bond donors (Lipinski definition) is 0. The summed E-state index contributed by atoms with van der Waals surface area (Å²) in [6.45, 7) is 4.00. The zero-order valence-electron chi connectivity index (χ0n) is 19.5. The molecule has 0 N–H and O–H groups in total. The van der Waals surface area contributed by atoms with E-state index in [1.165, 1.54) is 51.5 Å². The lowest BCUT2D eigenvalue weighted by Crippen LogP contribution is -2.47. The fourth-order valence-corrected chi connectivity index (χ4v) is 5.64. The third kappa shape index (κ3) is 5.67. The van der Waals surface area contributed by atoms with Crippen LogP contribution < -0.4 is 9.47 Å². The van der Waals surface area contributed by atoms with E-state index in [4.69, 9.17) is 9.47 Å². The van der Waals surface area contributed by atoms with Gasteiger partial charge in [0.05, 0.1) is 6.42 Å². The van der Waals surface area contributed by atoms with Crippen molar-refractivity contribution in [1.29, 1.82) is 0 Å². The first kappa shape index (κ1) is 22.2. The van der Waals surface area contributed by atoms with Crippen LogP contribution in [-0.2, 0) is 17.8 Å². The van der Waals surface area contributed by atoms with E-state index in [2.05, 4.69) is 20.9 Å². The molecular formula is C27H35N3O3. The minimum Gasteiger partial charge on any atom is -0.454 e. The lowest BCUT2D eigenvalue weighted by molar-refractivity contribution is -0.132. The highest BCUT2D eigenvalue weighted by atomic mass is 16.7. The average Bonchev–Trinajstić information content (AvgIpc) is 3.33. The first-order valence-corrected chi connectivity index (χ1v) is 12.5. The molecule has 1 saturated carbocycles. The van der Waals surface area contributed by atoms with E-state index in [0.29, 0.717) is 18.9 Å². The molecule has 0 unspecified atom stereocenters. The van der Waals surface area contributed by atoms with Crippen LogP contribution in [-0.4, -0.2) is 53.2 Å². The Hall–Kier alpha value is -2.60. The summed E-state index contributed by atoms with van der Waals surface area (Å²) in [5.41, 5.74) is 2.05. The minimum absolute atomic E-state index is 0.160. The molecule has 5 rings (SSSR count). The molecule has 3 heterocycles. The van der Waals surface area contributed by atoms with Gasteiger partial charge in [-0.2, -0.15) is 0 Å². The van der Waals surface area contributed by atoms with Crippen LogP contribution in [0.1, 0.15) is 56.1 Å². The number of nitrogens with zero attached hydrogens (tertiary/aromatic N) is 3. The van der Waals surface area contributed by atoms with E-state index >= 15 is 0 Å². The maximum absolute atomic E-state index is 13.5. The Morgan fingerprint density at radius 2 is 1.91 bits per heavy atom. The van der Waals surface area contributed by atoms with E-state index in [-0.39, 0.29) is 12.7 Å². The smallest absolute Gasteiger partial charge is 0.231 e. The molecule has 1 saturated heterocycles. The number of hydrogen-bond acceptors (Lipinski definition) is 5. The number of ether oxygens (including phenoxy) is 2. The molecule has 176 valence electrons. The molecule has 6 nitrogen and oxygen atoms in total. The molecule has 3 aliphatic rings. The van der Waals surface area contributed by atoms with Crippen molar-refractivity contribution in [2.75, 3.05) is 26.4 Å². The van der Waals surface area contributed by atoms with Crippen molar-refractivity contribution in [3.8, 4) is 11.5 Å². The third-order valence-corrected chi connectivity index (χ3v) is 7.36. The van der Waals surface area contributed by atoms with Gasteiger partial charge in [0.15, 0.2) is 11.5 Å². The van der Waals surface area contributed by atoms with E-state index in [1.54, 1.807) is 6.20 Å². The maximum atomic E-state index is 13.5. The summed E-state index contributed by atoms with van der Waals surface area (Å²) >= 11 is 0. The number of amides is 1. The Labute approximate surface area is 196 Å². The van der Waals surface area contributed by atoms with Gasteiger partial charge in [0.2, 0.25) is 12.7 Å². The normalized spacial score (nSPS) is 21.2. The van der Waals surface area contributed by atoms with Gasteiger partial charge in [-0.05, 0) is 67.5 Å². The Kier molecular flexibility index (Phi) is 7.10. The van der Waals surface area contributed by atoms with Crippen molar-refractivity contribution in [1.82, 2.24) is 14.8 Å². The Morgan fingerprint density at radius 1 is 1.03 bits per heavy atom. The van der Waals surface area contributed by atoms with Crippen LogP contribution in [0, 0.1) is 5.92 Å². The lowest BCUT2D eigenvalue weighted by Gasteiger charge is -2.41. The molecule has 0 radical (unpaired) electrons. The van der Waals surface area contributed by atoms with Crippen LogP contribution in [0.2, 0.25) is 0 Å². The van der Waals surface area contributed by atoms with Crippen molar-refractivity contribution in [2.45, 2.75) is 64.0 Å². The second-order valence-corrected chi connectivity index (χ2v) is 9.79. The molecular weight excluding hydrogens is 414 g/mol. The largest absolute Gasteiger partial charge is 0.454 e. The number of fused-ring (bicyclic) bond motifs is 1. The van der Waals surface area contributed by atoms with Crippen LogP contribution in [0.3, 0.4) is 0 Å². The summed E-state index contributed by atoms with van der Waals surface area (Å²) in [5, 5.41) is 0. The number of piperidine rings is 1. The molecule has 1 aromatic heterocycles. The zero-order chi connectivity index (χ0) is 22.5. The Balaban J connectivity index is 1.27. The minimum atomic E-state index is 0.160. The summed E-state index contributed by atoms with van der Waals surface area (Å²) in [4.78, 5) is 22.5. The quantitative estimate of drug-likeness (QED) is 0.626. The first-order chi connectivity index (χ1) is 16.2. The fraction of sp³-hybridized carbons (Fsp3) is 0.556. The Morgan fingerprint density at radius 3 is 2.76 bits per heavy atom. The van der Waals surface area contributed by atoms with Crippen molar-refractivity contribution < 1.29 is 14.3 Å². The number of aromatic nitrogens is 1. The third-order valence-electron chi connectivity index (χ3n) is 7.36. The van der Waals surface area contributed by atoms with E-state index in [0.717, 1.165) is 41.8 Å². The molecule has 6 heteroatoms. The highest BCUT2D eigenvalue weighted by Crippen LogP contribution is 2.33. The standard InChI is InChI=1S/C27H35N3O3/c31-27(15-21-10-11-25-26(14-21)33-20-32-25)30(17-22-6-4-12-28-16-22)19-23-7-5-13-29(18-23)24-8-2-1-3-9-24/h4,6,10-12,14,16,23-24H,1-3,5,7-9,13,15,17-20H2/t23-/m0/s1. The summed E-state index contributed by atoms with van der Waals surface area (Å²) in [5.74, 6) is 2.17. The number of pyridine rings is 1. The van der Waals surface area contributed by atoms with Gasteiger partial charge in [0, 0.05) is 38.1 Å². The summed E-state index contributed by atoms with van der Waals surface area (Å²) in [6, 6.07) is 10.6.